The summed E-state index contributed by atoms with van der Waals surface area (Å²) in [5, 5.41) is 13.9. The van der Waals surface area contributed by atoms with Gasteiger partial charge in [-0.05, 0) is 54.8 Å². The molecule has 0 aliphatic heterocycles. The number of hydrogen-bond donors (Lipinski definition) is 2. The molecule has 0 aliphatic rings. The minimum Gasteiger partial charge on any atom is -0.497 e. The first-order chi connectivity index (χ1) is 14.6. The van der Waals surface area contributed by atoms with Crippen LogP contribution in [0.4, 0.5) is 0 Å². The molecule has 5 nitrogen and oxygen atoms in total. The van der Waals surface area contributed by atoms with Gasteiger partial charge < -0.3 is 19.9 Å². The second-order valence-corrected chi connectivity index (χ2v) is 7.45. The van der Waals surface area contributed by atoms with Crippen LogP contribution < -0.4 is 14.8 Å². The Kier molecular flexibility index (Phi) is 7.82. The number of ether oxygens (including phenoxy) is 2. The van der Waals surface area contributed by atoms with E-state index in [0.29, 0.717) is 6.54 Å². The molecule has 0 bridgehead atoms. The summed E-state index contributed by atoms with van der Waals surface area (Å²) in [6.07, 6.45) is 3.72. The van der Waals surface area contributed by atoms with Crippen molar-refractivity contribution in [3.05, 3.63) is 89.7 Å². The summed E-state index contributed by atoms with van der Waals surface area (Å²) < 4.78 is 10.6. The SMILES string of the molecule is COc1ccc(C(CC(C)NC[C@H](O)c2cccnc2)c2ccc(OC)cc2)cc1. The molecular weight excluding hydrogens is 376 g/mol. The number of nitrogens with zero attached hydrogens (tertiary/aromatic N) is 1. The quantitative estimate of drug-likeness (QED) is 0.525. The van der Waals surface area contributed by atoms with Gasteiger partial charge in [0.1, 0.15) is 11.5 Å². The van der Waals surface area contributed by atoms with Crippen LogP contribution in [0.1, 0.15) is 42.1 Å². The summed E-state index contributed by atoms with van der Waals surface area (Å²) in [5.74, 6) is 1.90. The minimum atomic E-state index is -0.582. The van der Waals surface area contributed by atoms with Gasteiger partial charge in [-0.2, -0.15) is 0 Å². The lowest BCUT2D eigenvalue weighted by Crippen LogP contribution is -2.32. The second-order valence-electron chi connectivity index (χ2n) is 7.45. The van der Waals surface area contributed by atoms with Gasteiger partial charge in [0.05, 0.1) is 20.3 Å². The molecule has 0 saturated carbocycles. The molecular formula is C25H30N2O3. The molecule has 2 aromatic carbocycles. The molecule has 3 aromatic rings. The summed E-state index contributed by atoms with van der Waals surface area (Å²) in [4.78, 5) is 4.08. The largest absolute Gasteiger partial charge is 0.497 e. The molecule has 0 fully saturated rings. The summed E-state index contributed by atoms with van der Waals surface area (Å²) in [7, 11) is 3.35. The van der Waals surface area contributed by atoms with E-state index >= 15 is 0 Å². The Hall–Kier alpha value is -2.89. The van der Waals surface area contributed by atoms with Crippen molar-refractivity contribution in [2.45, 2.75) is 31.4 Å². The molecule has 2 atom stereocenters. The van der Waals surface area contributed by atoms with Gasteiger partial charge in [0.25, 0.3) is 0 Å². The minimum absolute atomic E-state index is 0.200. The average molecular weight is 407 g/mol. The van der Waals surface area contributed by atoms with Gasteiger partial charge in [-0.15, -0.1) is 0 Å². The number of aliphatic hydroxyl groups is 1. The van der Waals surface area contributed by atoms with E-state index < -0.39 is 6.10 Å². The Labute approximate surface area is 178 Å². The second kappa shape index (κ2) is 10.8. The Morgan fingerprint density at radius 3 is 1.90 bits per heavy atom. The van der Waals surface area contributed by atoms with Gasteiger partial charge in [0.2, 0.25) is 0 Å². The maximum atomic E-state index is 10.4. The molecule has 1 aromatic heterocycles. The zero-order chi connectivity index (χ0) is 21.3. The molecule has 1 unspecified atom stereocenters. The zero-order valence-corrected chi connectivity index (χ0v) is 17.8. The van der Waals surface area contributed by atoms with E-state index in [1.807, 2.05) is 36.4 Å². The molecule has 5 heteroatoms. The van der Waals surface area contributed by atoms with Crippen molar-refractivity contribution in [1.29, 1.82) is 0 Å². The lowest BCUT2D eigenvalue weighted by Gasteiger charge is -2.24. The van der Waals surface area contributed by atoms with Crippen molar-refractivity contribution in [3.63, 3.8) is 0 Å². The molecule has 0 aliphatic carbocycles. The first kappa shape index (κ1) is 21.8. The van der Waals surface area contributed by atoms with Crippen molar-refractivity contribution < 1.29 is 14.6 Å². The zero-order valence-electron chi connectivity index (χ0n) is 17.8. The van der Waals surface area contributed by atoms with Crippen molar-refractivity contribution in [2.24, 2.45) is 0 Å². The van der Waals surface area contributed by atoms with E-state index in [4.69, 9.17) is 9.47 Å². The van der Waals surface area contributed by atoms with Crippen LogP contribution in [-0.2, 0) is 0 Å². The van der Waals surface area contributed by atoms with E-state index in [2.05, 4.69) is 41.5 Å². The van der Waals surface area contributed by atoms with Gasteiger partial charge >= 0.3 is 0 Å². The Bertz CT molecular complexity index is 835. The van der Waals surface area contributed by atoms with Gasteiger partial charge in [0, 0.05) is 36.5 Å². The predicted octanol–water partition coefficient (Wildman–Crippen LogP) is 4.33. The third-order valence-corrected chi connectivity index (χ3v) is 5.35. The molecule has 0 amide bonds. The van der Waals surface area contributed by atoms with Crippen molar-refractivity contribution in [1.82, 2.24) is 10.3 Å². The highest BCUT2D eigenvalue weighted by Gasteiger charge is 2.19. The Balaban J connectivity index is 1.72. The van der Waals surface area contributed by atoms with E-state index in [-0.39, 0.29) is 12.0 Å². The lowest BCUT2D eigenvalue weighted by molar-refractivity contribution is 0.169. The first-order valence-electron chi connectivity index (χ1n) is 10.2. The Morgan fingerprint density at radius 2 is 1.43 bits per heavy atom. The fourth-order valence-electron chi connectivity index (χ4n) is 3.58. The topological polar surface area (TPSA) is 63.6 Å². The average Bonchev–Trinajstić information content (AvgIpc) is 2.81. The van der Waals surface area contributed by atoms with Gasteiger partial charge in [-0.3, -0.25) is 4.98 Å². The monoisotopic (exact) mass is 406 g/mol. The van der Waals surface area contributed by atoms with Crippen LogP contribution in [0, 0.1) is 0 Å². The van der Waals surface area contributed by atoms with E-state index in [1.54, 1.807) is 26.6 Å². The fourth-order valence-corrected chi connectivity index (χ4v) is 3.58. The van der Waals surface area contributed by atoms with Crippen LogP contribution in [0.3, 0.4) is 0 Å². The van der Waals surface area contributed by atoms with E-state index in [0.717, 1.165) is 23.5 Å². The smallest absolute Gasteiger partial charge is 0.118 e. The molecule has 30 heavy (non-hydrogen) atoms. The summed E-state index contributed by atoms with van der Waals surface area (Å²) in [6.45, 7) is 2.63. The van der Waals surface area contributed by atoms with Crippen molar-refractivity contribution in [2.75, 3.05) is 20.8 Å². The highest BCUT2D eigenvalue weighted by molar-refractivity contribution is 5.38. The highest BCUT2D eigenvalue weighted by atomic mass is 16.5. The van der Waals surface area contributed by atoms with Crippen molar-refractivity contribution >= 4 is 0 Å². The highest BCUT2D eigenvalue weighted by Crippen LogP contribution is 2.31. The molecule has 0 saturated heterocycles. The number of aliphatic hydroxyl groups excluding tert-OH is 1. The summed E-state index contributed by atoms with van der Waals surface area (Å²) in [5.41, 5.74) is 3.27. The van der Waals surface area contributed by atoms with E-state index in [1.165, 1.54) is 11.1 Å². The first-order valence-corrected chi connectivity index (χ1v) is 10.2. The number of pyridine rings is 1. The van der Waals surface area contributed by atoms with Crippen LogP contribution in [0.5, 0.6) is 11.5 Å². The maximum absolute atomic E-state index is 10.4. The van der Waals surface area contributed by atoms with E-state index in [9.17, 15) is 5.11 Å². The number of hydrogen-bond acceptors (Lipinski definition) is 5. The summed E-state index contributed by atoms with van der Waals surface area (Å²) in [6, 6.07) is 20.4. The molecule has 3 rings (SSSR count). The summed E-state index contributed by atoms with van der Waals surface area (Å²) >= 11 is 0. The van der Waals surface area contributed by atoms with Gasteiger partial charge in [-0.1, -0.05) is 30.3 Å². The van der Waals surface area contributed by atoms with Gasteiger partial charge in [0.15, 0.2) is 0 Å². The molecule has 1 heterocycles. The molecule has 0 spiro atoms. The number of benzene rings is 2. The third kappa shape index (κ3) is 5.81. The molecule has 2 N–H and O–H groups in total. The van der Waals surface area contributed by atoms with Crippen LogP contribution >= 0.6 is 0 Å². The number of rotatable bonds is 10. The van der Waals surface area contributed by atoms with Crippen LogP contribution in [0.2, 0.25) is 0 Å². The van der Waals surface area contributed by atoms with Crippen molar-refractivity contribution in [3.8, 4) is 11.5 Å². The van der Waals surface area contributed by atoms with Crippen LogP contribution in [0.15, 0.2) is 73.1 Å². The maximum Gasteiger partial charge on any atom is 0.118 e. The number of nitrogens with one attached hydrogen (secondary N) is 1. The lowest BCUT2D eigenvalue weighted by atomic mass is 9.86. The van der Waals surface area contributed by atoms with Gasteiger partial charge in [-0.25, -0.2) is 0 Å². The predicted molar refractivity (Wildman–Crippen MR) is 119 cm³/mol. The molecule has 0 radical (unpaired) electrons. The molecule has 158 valence electrons. The van der Waals surface area contributed by atoms with Crippen LogP contribution in [0.25, 0.3) is 0 Å². The van der Waals surface area contributed by atoms with Crippen LogP contribution in [-0.4, -0.2) is 36.9 Å². The number of aromatic nitrogens is 1. The standard InChI is InChI=1S/C25H30N2O3/c1-18(27-17-25(28)21-5-4-14-26-16-21)15-24(19-6-10-22(29-2)11-7-19)20-8-12-23(30-3)13-9-20/h4-14,16,18,24-25,27-28H,15,17H2,1-3H3/t18?,25-/m0/s1. The third-order valence-electron chi connectivity index (χ3n) is 5.35. The Morgan fingerprint density at radius 1 is 0.867 bits per heavy atom. The fraction of sp³-hybridized carbons (Fsp3) is 0.320. The normalized spacial score (nSPS) is 13.1. The number of methoxy groups -OCH3 is 2.